The Bertz CT molecular complexity index is 642. The Morgan fingerprint density at radius 1 is 1.38 bits per heavy atom. The number of benzene rings is 1. The van der Waals surface area contributed by atoms with Gasteiger partial charge in [-0.2, -0.15) is 5.10 Å². The average molecular weight is 329 g/mol. The van der Waals surface area contributed by atoms with Gasteiger partial charge in [0.15, 0.2) is 0 Å². The minimum atomic E-state index is -0.233. The van der Waals surface area contributed by atoms with Crippen LogP contribution in [0.5, 0.6) is 5.75 Å². The van der Waals surface area contributed by atoms with Crippen LogP contribution in [0.3, 0.4) is 0 Å². The van der Waals surface area contributed by atoms with E-state index in [2.05, 4.69) is 29.5 Å². The number of rotatable bonds is 6. The fraction of sp³-hybridized carbons (Fsp3) is 0.526. The predicted molar refractivity (Wildman–Crippen MR) is 94.1 cm³/mol. The van der Waals surface area contributed by atoms with E-state index in [4.69, 9.17) is 4.74 Å². The van der Waals surface area contributed by atoms with Crippen LogP contribution in [0, 0.1) is 0 Å². The zero-order chi connectivity index (χ0) is 16.9. The smallest absolute Gasteiger partial charge is 0.123 e. The van der Waals surface area contributed by atoms with Crippen molar-refractivity contribution in [2.24, 2.45) is 0 Å². The summed E-state index contributed by atoms with van der Waals surface area (Å²) >= 11 is 0. The van der Waals surface area contributed by atoms with Crippen LogP contribution in [0.1, 0.15) is 49.8 Å². The molecule has 1 aliphatic rings. The Kier molecular flexibility index (Phi) is 5.53. The summed E-state index contributed by atoms with van der Waals surface area (Å²) in [7, 11) is 1.70. The maximum absolute atomic E-state index is 10.2. The molecule has 1 saturated carbocycles. The third kappa shape index (κ3) is 3.97. The van der Waals surface area contributed by atoms with E-state index in [1.807, 2.05) is 23.0 Å². The molecule has 2 aromatic rings. The summed E-state index contributed by atoms with van der Waals surface area (Å²) < 4.78 is 7.39. The fourth-order valence-corrected chi connectivity index (χ4v) is 3.48. The Morgan fingerprint density at radius 2 is 2.21 bits per heavy atom. The molecule has 0 amide bonds. The molecule has 0 aliphatic heterocycles. The summed E-state index contributed by atoms with van der Waals surface area (Å²) in [5, 5.41) is 18.1. The highest BCUT2D eigenvalue weighted by molar-refractivity contribution is 5.38. The first kappa shape index (κ1) is 17.0. The van der Waals surface area contributed by atoms with E-state index in [0.717, 1.165) is 30.6 Å². The molecule has 5 heteroatoms. The largest absolute Gasteiger partial charge is 0.496 e. The molecule has 0 spiro atoms. The average Bonchev–Trinajstić information content (AvgIpc) is 3.10. The number of aliphatic hydroxyl groups excluding tert-OH is 1. The summed E-state index contributed by atoms with van der Waals surface area (Å²) in [6.07, 6.45) is 7.76. The van der Waals surface area contributed by atoms with Crippen LogP contribution in [-0.2, 0) is 6.54 Å². The molecule has 1 aromatic carbocycles. The van der Waals surface area contributed by atoms with Gasteiger partial charge in [-0.1, -0.05) is 18.9 Å². The van der Waals surface area contributed by atoms with Crippen molar-refractivity contribution in [1.29, 1.82) is 0 Å². The van der Waals surface area contributed by atoms with Gasteiger partial charge in [-0.05, 0) is 43.5 Å². The van der Waals surface area contributed by atoms with Crippen LogP contribution in [0.15, 0.2) is 36.7 Å². The maximum Gasteiger partial charge on any atom is 0.123 e. The van der Waals surface area contributed by atoms with Crippen molar-refractivity contribution in [2.45, 2.75) is 57.3 Å². The zero-order valence-corrected chi connectivity index (χ0v) is 14.5. The second-order valence-corrected chi connectivity index (χ2v) is 6.62. The number of nitrogens with one attached hydrogen (secondary N) is 1. The highest BCUT2D eigenvalue weighted by atomic mass is 16.5. The predicted octanol–water partition coefficient (Wildman–Crippen LogP) is 2.89. The molecule has 0 saturated heterocycles. The molecular weight excluding hydrogens is 302 g/mol. The molecule has 1 fully saturated rings. The quantitative estimate of drug-likeness (QED) is 0.855. The fourth-order valence-electron chi connectivity index (χ4n) is 3.48. The third-order valence-corrected chi connectivity index (χ3v) is 4.89. The first-order chi connectivity index (χ1) is 11.7. The van der Waals surface area contributed by atoms with Gasteiger partial charge in [-0.3, -0.25) is 4.68 Å². The zero-order valence-electron chi connectivity index (χ0n) is 14.5. The molecule has 1 aliphatic carbocycles. The Morgan fingerprint density at radius 3 is 2.92 bits per heavy atom. The normalized spacial score (nSPS) is 22.3. The van der Waals surface area contributed by atoms with E-state index >= 15 is 0 Å². The summed E-state index contributed by atoms with van der Waals surface area (Å²) in [4.78, 5) is 0. The molecule has 1 heterocycles. The number of hydrogen-bond acceptors (Lipinski definition) is 4. The van der Waals surface area contributed by atoms with E-state index in [-0.39, 0.29) is 18.2 Å². The molecule has 130 valence electrons. The molecular formula is C19H27N3O2. The van der Waals surface area contributed by atoms with Crippen molar-refractivity contribution in [3.05, 3.63) is 47.8 Å². The van der Waals surface area contributed by atoms with Crippen molar-refractivity contribution >= 4 is 0 Å². The standard InChI is InChI=1S/C19H27N3O2/c1-14(21-17-6-3-4-7-18(17)23)15-8-9-19(24-2)16(12-15)13-22-11-5-10-20-22/h5,8-12,14,17-18,21,23H,3-4,6-7,13H2,1-2H3. The molecule has 5 nitrogen and oxygen atoms in total. The number of aliphatic hydroxyl groups is 1. The number of ether oxygens (including phenoxy) is 1. The lowest BCUT2D eigenvalue weighted by Crippen LogP contribution is -2.43. The number of nitrogens with zero attached hydrogens (tertiary/aromatic N) is 2. The van der Waals surface area contributed by atoms with Crippen molar-refractivity contribution in [1.82, 2.24) is 15.1 Å². The topological polar surface area (TPSA) is 59.3 Å². The second kappa shape index (κ2) is 7.81. The lowest BCUT2D eigenvalue weighted by atomic mass is 9.91. The molecule has 3 atom stereocenters. The van der Waals surface area contributed by atoms with Crippen molar-refractivity contribution in [3.63, 3.8) is 0 Å². The number of hydrogen-bond donors (Lipinski definition) is 2. The van der Waals surface area contributed by atoms with E-state index in [1.165, 1.54) is 12.0 Å². The van der Waals surface area contributed by atoms with Crippen LogP contribution < -0.4 is 10.1 Å². The summed E-state index contributed by atoms with van der Waals surface area (Å²) in [6.45, 7) is 2.84. The Labute approximate surface area is 143 Å². The first-order valence-electron chi connectivity index (χ1n) is 8.75. The lowest BCUT2D eigenvalue weighted by molar-refractivity contribution is 0.0859. The summed E-state index contributed by atoms with van der Waals surface area (Å²) in [5.74, 6) is 0.874. The van der Waals surface area contributed by atoms with Gasteiger partial charge in [0, 0.05) is 30.0 Å². The molecule has 1 aromatic heterocycles. The SMILES string of the molecule is COc1ccc(C(C)NC2CCCCC2O)cc1Cn1cccn1. The van der Waals surface area contributed by atoms with E-state index in [0.29, 0.717) is 6.54 Å². The van der Waals surface area contributed by atoms with Crippen LogP contribution in [0.2, 0.25) is 0 Å². The molecule has 24 heavy (non-hydrogen) atoms. The molecule has 3 unspecified atom stereocenters. The molecule has 0 bridgehead atoms. The second-order valence-electron chi connectivity index (χ2n) is 6.62. The number of methoxy groups -OCH3 is 1. The van der Waals surface area contributed by atoms with Crippen LogP contribution in [-0.4, -0.2) is 34.1 Å². The highest BCUT2D eigenvalue weighted by Gasteiger charge is 2.24. The van der Waals surface area contributed by atoms with Crippen molar-refractivity contribution in [3.8, 4) is 5.75 Å². The van der Waals surface area contributed by atoms with E-state index < -0.39 is 0 Å². The van der Waals surface area contributed by atoms with Crippen LogP contribution >= 0.6 is 0 Å². The van der Waals surface area contributed by atoms with Gasteiger partial charge in [-0.25, -0.2) is 0 Å². The lowest BCUT2D eigenvalue weighted by Gasteiger charge is -2.31. The van der Waals surface area contributed by atoms with E-state index in [1.54, 1.807) is 13.3 Å². The first-order valence-corrected chi connectivity index (χ1v) is 8.75. The van der Waals surface area contributed by atoms with Gasteiger partial charge in [-0.15, -0.1) is 0 Å². The summed E-state index contributed by atoms with van der Waals surface area (Å²) in [6, 6.07) is 8.58. The highest BCUT2D eigenvalue weighted by Crippen LogP contribution is 2.26. The minimum Gasteiger partial charge on any atom is -0.496 e. The Hall–Kier alpha value is -1.85. The van der Waals surface area contributed by atoms with Crippen molar-refractivity contribution in [2.75, 3.05) is 7.11 Å². The van der Waals surface area contributed by atoms with E-state index in [9.17, 15) is 5.11 Å². The van der Waals surface area contributed by atoms with Gasteiger partial charge in [0.05, 0.1) is 19.8 Å². The van der Waals surface area contributed by atoms with Crippen molar-refractivity contribution < 1.29 is 9.84 Å². The summed E-state index contributed by atoms with van der Waals surface area (Å²) in [5.41, 5.74) is 2.31. The molecule has 0 radical (unpaired) electrons. The number of aromatic nitrogens is 2. The molecule has 2 N–H and O–H groups in total. The van der Waals surface area contributed by atoms with Crippen LogP contribution in [0.25, 0.3) is 0 Å². The Balaban J connectivity index is 1.74. The monoisotopic (exact) mass is 329 g/mol. The maximum atomic E-state index is 10.2. The van der Waals surface area contributed by atoms with Gasteiger partial charge in [0.25, 0.3) is 0 Å². The van der Waals surface area contributed by atoms with Gasteiger partial charge < -0.3 is 15.2 Å². The van der Waals surface area contributed by atoms with Gasteiger partial charge in [0.2, 0.25) is 0 Å². The van der Waals surface area contributed by atoms with Gasteiger partial charge in [0.1, 0.15) is 5.75 Å². The molecule has 3 rings (SSSR count). The van der Waals surface area contributed by atoms with Gasteiger partial charge >= 0.3 is 0 Å². The van der Waals surface area contributed by atoms with Crippen LogP contribution in [0.4, 0.5) is 0 Å². The third-order valence-electron chi connectivity index (χ3n) is 4.89. The minimum absolute atomic E-state index is 0.185.